The van der Waals surface area contributed by atoms with Gasteiger partial charge in [-0.05, 0) is 61.1 Å². The Hall–Kier alpha value is -2.38. The fourth-order valence-corrected chi connectivity index (χ4v) is 5.02. The molecule has 0 atom stereocenters. The zero-order valence-corrected chi connectivity index (χ0v) is 18.6. The molecule has 1 fully saturated rings. The van der Waals surface area contributed by atoms with Gasteiger partial charge in [0.15, 0.2) is 6.61 Å². The van der Waals surface area contributed by atoms with E-state index in [0.717, 1.165) is 42.5 Å². The predicted octanol–water partition coefficient (Wildman–Crippen LogP) is 4.36. The van der Waals surface area contributed by atoms with Crippen LogP contribution in [-0.4, -0.2) is 27.0 Å². The van der Waals surface area contributed by atoms with Crippen LogP contribution in [0.15, 0.2) is 47.4 Å². The molecule has 0 heterocycles. The molecule has 30 heavy (non-hydrogen) atoms. The first-order chi connectivity index (χ1) is 14.3. The smallest absolute Gasteiger partial charge is 0.262 e. The largest absolute Gasteiger partial charge is 0.484 e. The molecular formula is C23H30N2O4S. The highest BCUT2D eigenvalue weighted by atomic mass is 32.2. The minimum Gasteiger partial charge on any atom is -0.484 e. The summed E-state index contributed by atoms with van der Waals surface area (Å²) in [5.74, 6) is 0.470. The van der Waals surface area contributed by atoms with Crippen LogP contribution >= 0.6 is 0 Å². The molecule has 0 unspecified atom stereocenters. The van der Waals surface area contributed by atoms with Crippen LogP contribution in [0.25, 0.3) is 0 Å². The van der Waals surface area contributed by atoms with Crippen molar-refractivity contribution < 1.29 is 17.9 Å². The summed E-state index contributed by atoms with van der Waals surface area (Å²) in [4.78, 5) is 12.6. The van der Waals surface area contributed by atoms with Gasteiger partial charge in [-0.25, -0.2) is 13.1 Å². The van der Waals surface area contributed by atoms with Crippen LogP contribution < -0.4 is 14.8 Å². The van der Waals surface area contributed by atoms with E-state index in [1.54, 1.807) is 12.1 Å². The second-order valence-electron chi connectivity index (χ2n) is 8.10. The Morgan fingerprint density at radius 1 is 1.10 bits per heavy atom. The van der Waals surface area contributed by atoms with Gasteiger partial charge in [0.25, 0.3) is 5.91 Å². The molecule has 0 aromatic heterocycles. The van der Waals surface area contributed by atoms with E-state index in [0.29, 0.717) is 5.75 Å². The van der Waals surface area contributed by atoms with E-state index in [1.807, 2.05) is 25.1 Å². The van der Waals surface area contributed by atoms with Gasteiger partial charge < -0.3 is 10.1 Å². The van der Waals surface area contributed by atoms with Gasteiger partial charge in [0.05, 0.1) is 4.90 Å². The Labute approximate surface area is 179 Å². The lowest BCUT2D eigenvalue weighted by atomic mass is 9.98. The van der Waals surface area contributed by atoms with Crippen molar-refractivity contribution in [3.8, 4) is 5.75 Å². The summed E-state index contributed by atoms with van der Waals surface area (Å²) in [6.07, 6.45) is 3.89. The van der Waals surface area contributed by atoms with E-state index in [9.17, 15) is 13.2 Å². The maximum atomic E-state index is 12.5. The number of hydrogen-bond acceptors (Lipinski definition) is 4. The molecule has 6 nitrogen and oxygen atoms in total. The van der Waals surface area contributed by atoms with E-state index < -0.39 is 10.0 Å². The minimum atomic E-state index is -3.53. The average Bonchev–Trinajstić information content (AvgIpc) is 3.20. The Morgan fingerprint density at radius 3 is 2.40 bits per heavy atom. The van der Waals surface area contributed by atoms with Gasteiger partial charge in [-0.1, -0.05) is 44.9 Å². The number of sulfonamides is 1. The Balaban J connectivity index is 1.58. The number of anilines is 1. The number of carbonyl (C=O) groups is 1. The van der Waals surface area contributed by atoms with E-state index in [-0.39, 0.29) is 29.4 Å². The molecule has 2 aromatic rings. The molecule has 0 bridgehead atoms. The standard InChI is InChI=1S/C23H30N2O4S/c1-16(2)21-10-6-7-17(3)23(21)24-22(26)15-29-19-11-13-20(14-12-19)30(27,28)25-18-8-4-5-9-18/h6-7,10-14,16,18,25H,4-5,8-9,15H2,1-3H3,(H,24,26). The van der Waals surface area contributed by atoms with Gasteiger partial charge in [-0.2, -0.15) is 0 Å². The van der Waals surface area contributed by atoms with Gasteiger partial charge in [0.1, 0.15) is 5.75 Å². The minimum absolute atomic E-state index is 0.0202. The van der Waals surface area contributed by atoms with Crippen molar-refractivity contribution in [2.75, 3.05) is 11.9 Å². The lowest BCUT2D eigenvalue weighted by Crippen LogP contribution is -2.32. The molecule has 2 N–H and O–H groups in total. The van der Waals surface area contributed by atoms with Crippen molar-refractivity contribution in [2.45, 2.75) is 63.3 Å². The fraction of sp³-hybridized carbons (Fsp3) is 0.435. The maximum absolute atomic E-state index is 12.5. The zero-order valence-electron chi connectivity index (χ0n) is 17.8. The monoisotopic (exact) mass is 430 g/mol. The zero-order chi connectivity index (χ0) is 21.7. The molecule has 7 heteroatoms. The number of ether oxygens (including phenoxy) is 1. The Kier molecular flexibility index (Phi) is 7.15. The highest BCUT2D eigenvalue weighted by Gasteiger charge is 2.22. The molecule has 3 rings (SSSR count). The van der Waals surface area contributed by atoms with Crippen molar-refractivity contribution >= 4 is 21.6 Å². The SMILES string of the molecule is Cc1cccc(C(C)C)c1NC(=O)COc1ccc(S(=O)(=O)NC2CCCC2)cc1. The summed E-state index contributed by atoms with van der Waals surface area (Å²) in [6, 6.07) is 12.1. The highest BCUT2D eigenvalue weighted by Crippen LogP contribution is 2.27. The molecule has 0 radical (unpaired) electrons. The maximum Gasteiger partial charge on any atom is 0.262 e. The van der Waals surface area contributed by atoms with Crippen LogP contribution in [0.3, 0.4) is 0 Å². The van der Waals surface area contributed by atoms with Gasteiger partial charge in [0, 0.05) is 11.7 Å². The molecule has 1 saturated carbocycles. The molecular weight excluding hydrogens is 400 g/mol. The quantitative estimate of drug-likeness (QED) is 0.652. The fourth-order valence-electron chi connectivity index (χ4n) is 3.71. The summed E-state index contributed by atoms with van der Waals surface area (Å²) in [6.45, 7) is 5.97. The number of aryl methyl sites for hydroxylation is 1. The third-order valence-corrected chi connectivity index (χ3v) is 6.91. The van der Waals surface area contributed by atoms with Crippen molar-refractivity contribution in [1.29, 1.82) is 0 Å². The topological polar surface area (TPSA) is 84.5 Å². The molecule has 1 aliphatic rings. The van der Waals surface area contributed by atoms with Crippen LogP contribution in [0.4, 0.5) is 5.69 Å². The van der Waals surface area contributed by atoms with Crippen molar-refractivity contribution in [3.05, 3.63) is 53.6 Å². The van der Waals surface area contributed by atoms with E-state index in [2.05, 4.69) is 23.9 Å². The molecule has 0 spiro atoms. The average molecular weight is 431 g/mol. The first kappa shape index (κ1) is 22.3. The van der Waals surface area contributed by atoms with Gasteiger partial charge in [0.2, 0.25) is 10.0 Å². The summed E-state index contributed by atoms with van der Waals surface area (Å²) in [5, 5.41) is 2.94. The molecule has 162 valence electrons. The van der Waals surface area contributed by atoms with Gasteiger partial charge >= 0.3 is 0 Å². The van der Waals surface area contributed by atoms with Gasteiger partial charge in [-0.15, -0.1) is 0 Å². The Morgan fingerprint density at radius 2 is 1.77 bits per heavy atom. The summed E-state index contributed by atoms with van der Waals surface area (Å²) < 4.78 is 33.3. The normalized spacial score (nSPS) is 14.8. The number of carbonyl (C=O) groups excluding carboxylic acids is 1. The van der Waals surface area contributed by atoms with Crippen LogP contribution in [0.1, 0.15) is 56.6 Å². The molecule has 0 saturated heterocycles. The van der Waals surface area contributed by atoms with E-state index in [1.165, 1.54) is 12.1 Å². The first-order valence-electron chi connectivity index (χ1n) is 10.4. The number of amides is 1. The number of hydrogen-bond donors (Lipinski definition) is 2. The van der Waals surface area contributed by atoms with Crippen molar-refractivity contribution in [1.82, 2.24) is 4.72 Å². The second-order valence-corrected chi connectivity index (χ2v) is 9.82. The molecule has 2 aromatic carbocycles. The van der Waals surface area contributed by atoms with Crippen molar-refractivity contribution in [3.63, 3.8) is 0 Å². The van der Waals surface area contributed by atoms with Crippen LogP contribution in [0.2, 0.25) is 0 Å². The first-order valence-corrected chi connectivity index (χ1v) is 11.9. The number of rotatable bonds is 8. The highest BCUT2D eigenvalue weighted by molar-refractivity contribution is 7.89. The number of benzene rings is 2. The lowest BCUT2D eigenvalue weighted by Gasteiger charge is -2.16. The summed E-state index contributed by atoms with van der Waals surface area (Å²) in [5.41, 5.74) is 2.90. The third kappa shape index (κ3) is 5.61. The lowest BCUT2D eigenvalue weighted by molar-refractivity contribution is -0.118. The number of para-hydroxylation sites is 1. The Bertz CT molecular complexity index is 979. The van der Waals surface area contributed by atoms with Crippen LogP contribution in [0.5, 0.6) is 5.75 Å². The predicted molar refractivity (Wildman–Crippen MR) is 118 cm³/mol. The van der Waals surface area contributed by atoms with Gasteiger partial charge in [-0.3, -0.25) is 4.79 Å². The molecule has 0 aliphatic heterocycles. The van der Waals surface area contributed by atoms with Crippen LogP contribution in [-0.2, 0) is 14.8 Å². The third-order valence-electron chi connectivity index (χ3n) is 5.37. The van der Waals surface area contributed by atoms with Crippen molar-refractivity contribution in [2.24, 2.45) is 0 Å². The van der Waals surface area contributed by atoms with E-state index in [4.69, 9.17) is 4.74 Å². The van der Waals surface area contributed by atoms with Crippen LogP contribution in [0, 0.1) is 6.92 Å². The molecule has 1 amide bonds. The summed E-state index contributed by atoms with van der Waals surface area (Å²) >= 11 is 0. The number of nitrogens with one attached hydrogen (secondary N) is 2. The van der Waals surface area contributed by atoms with E-state index >= 15 is 0 Å². The molecule has 1 aliphatic carbocycles. The second kappa shape index (κ2) is 9.62. The summed E-state index contributed by atoms with van der Waals surface area (Å²) in [7, 11) is -3.53.